The number of phenolic OH excluding ortho intramolecular Hbond substituents is 4. The van der Waals surface area contributed by atoms with Gasteiger partial charge in [0.15, 0.2) is 17.6 Å². The molecule has 2 aromatic carbocycles. The Morgan fingerprint density at radius 1 is 0.943 bits per heavy atom. The molecule has 0 amide bonds. The van der Waals surface area contributed by atoms with Crippen molar-refractivity contribution in [3.05, 3.63) is 47.2 Å². The van der Waals surface area contributed by atoms with Gasteiger partial charge >= 0.3 is 5.97 Å². The molecule has 1 saturated heterocycles. The van der Waals surface area contributed by atoms with Crippen molar-refractivity contribution in [2.75, 3.05) is 6.61 Å². The molecular formula is C23H24O12. The summed E-state index contributed by atoms with van der Waals surface area (Å²) in [5, 5.41) is 70.7. The van der Waals surface area contributed by atoms with E-state index in [2.05, 4.69) is 0 Å². The number of esters is 1. The largest absolute Gasteiger partial charge is 0.508 e. The summed E-state index contributed by atoms with van der Waals surface area (Å²) in [6.45, 7) is 0.728. The van der Waals surface area contributed by atoms with Gasteiger partial charge in [-0.1, -0.05) is 6.07 Å². The molecule has 2 heterocycles. The van der Waals surface area contributed by atoms with Crippen LogP contribution >= 0.6 is 0 Å². The van der Waals surface area contributed by atoms with E-state index in [-0.39, 0.29) is 39.9 Å². The third-order valence-corrected chi connectivity index (χ3v) is 5.57. The lowest BCUT2D eigenvalue weighted by Crippen LogP contribution is -2.59. The highest BCUT2D eigenvalue weighted by Gasteiger charge is 2.46. The molecule has 0 radical (unpaired) electrons. The molecule has 12 nitrogen and oxygen atoms in total. The van der Waals surface area contributed by atoms with Gasteiger partial charge in [-0.25, -0.2) is 0 Å². The van der Waals surface area contributed by atoms with Crippen LogP contribution in [0.1, 0.15) is 24.2 Å². The quantitative estimate of drug-likeness (QED) is 0.224. The van der Waals surface area contributed by atoms with Gasteiger partial charge in [-0.2, -0.15) is 0 Å². The summed E-state index contributed by atoms with van der Waals surface area (Å²) in [5.41, 5.74) is 0.404. The van der Waals surface area contributed by atoms with Crippen LogP contribution in [0.2, 0.25) is 0 Å². The van der Waals surface area contributed by atoms with E-state index in [1.807, 2.05) is 0 Å². The first kappa shape index (κ1) is 24.4. The van der Waals surface area contributed by atoms with Crippen molar-refractivity contribution in [1.82, 2.24) is 0 Å². The lowest BCUT2D eigenvalue weighted by Gasteiger charge is -2.41. The van der Waals surface area contributed by atoms with Crippen molar-refractivity contribution in [2.45, 2.75) is 43.7 Å². The Bertz CT molecular complexity index is 1150. The SMILES string of the molecule is CC(=O)OC[C@H]1O[C@@H](OC2=Cc3c(O)cc(O)cc3OC2c2ccc(O)c(O)c2)[C@H](O)[C@@H](O)[C@H]1O. The lowest BCUT2D eigenvalue weighted by atomic mass is 9.98. The minimum Gasteiger partial charge on any atom is -0.508 e. The maximum Gasteiger partial charge on any atom is 0.302 e. The number of carbonyl (C=O) groups is 1. The number of hydrogen-bond acceptors (Lipinski definition) is 12. The number of ether oxygens (including phenoxy) is 4. The number of phenols is 4. The van der Waals surface area contributed by atoms with Crippen molar-refractivity contribution < 1.29 is 59.5 Å². The Morgan fingerprint density at radius 3 is 2.37 bits per heavy atom. The van der Waals surface area contributed by atoms with Crippen LogP contribution in [0.5, 0.6) is 28.7 Å². The number of carbonyl (C=O) groups excluding carboxylic acids is 1. The van der Waals surface area contributed by atoms with E-state index in [1.54, 1.807) is 0 Å². The summed E-state index contributed by atoms with van der Waals surface area (Å²) in [6, 6.07) is 6.15. The molecule has 1 unspecified atom stereocenters. The highest BCUT2D eigenvalue weighted by atomic mass is 16.7. The maximum absolute atomic E-state index is 11.2. The van der Waals surface area contributed by atoms with Crippen LogP contribution in [0.4, 0.5) is 0 Å². The van der Waals surface area contributed by atoms with Crippen molar-refractivity contribution in [2.24, 2.45) is 0 Å². The molecule has 2 aromatic rings. The molecule has 35 heavy (non-hydrogen) atoms. The van der Waals surface area contributed by atoms with Gasteiger partial charge in [0.2, 0.25) is 6.29 Å². The fourth-order valence-corrected chi connectivity index (χ4v) is 3.76. The van der Waals surface area contributed by atoms with Gasteiger partial charge in [0.1, 0.15) is 54.0 Å². The maximum atomic E-state index is 11.2. The Kier molecular flexibility index (Phi) is 6.63. The molecule has 2 aliphatic rings. The van der Waals surface area contributed by atoms with Crippen molar-refractivity contribution in [3.63, 3.8) is 0 Å². The van der Waals surface area contributed by atoms with E-state index in [9.17, 15) is 40.5 Å². The number of hydrogen-bond donors (Lipinski definition) is 7. The zero-order valence-electron chi connectivity index (χ0n) is 18.3. The van der Waals surface area contributed by atoms with Crippen molar-refractivity contribution in [3.8, 4) is 28.7 Å². The first-order valence-electron chi connectivity index (χ1n) is 10.5. The van der Waals surface area contributed by atoms with Gasteiger partial charge in [-0.05, 0) is 18.2 Å². The summed E-state index contributed by atoms with van der Waals surface area (Å²) < 4.78 is 22.1. The molecule has 12 heteroatoms. The standard InChI is InChI=1S/C23H24O12/c1-9(24)32-8-18-19(29)20(30)21(31)23(35-18)34-17-7-12-14(27)5-11(25)6-16(12)33-22(17)10-2-3-13(26)15(28)4-10/h2-7,18-23,25-31H,8H2,1H3/t18-,19+,20+,21-,22?,23-/m1/s1. The number of rotatable bonds is 5. The van der Waals surface area contributed by atoms with Crippen LogP contribution in [-0.2, 0) is 19.0 Å². The van der Waals surface area contributed by atoms with Crippen molar-refractivity contribution >= 4 is 12.0 Å². The zero-order chi connectivity index (χ0) is 25.4. The van der Waals surface area contributed by atoms with Crippen LogP contribution in [0, 0.1) is 0 Å². The number of fused-ring (bicyclic) bond motifs is 1. The minimum absolute atomic E-state index is 0.0533. The molecule has 4 rings (SSSR count). The topological polar surface area (TPSA) is 196 Å². The second kappa shape index (κ2) is 9.50. The van der Waals surface area contributed by atoms with E-state index < -0.39 is 55.1 Å². The van der Waals surface area contributed by atoms with Crippen LogP contribution in [0.25, 0.3) is 6.08 Å². The molecule has 0 aliphatic carbocycles. The normalized spacial score (nSPS) is 27.8. The summed E-state index contributed by atoms with van der Waals surface area (Å²) in [4.78, 5) is 11.2. The average molecular weight is 492 g/mol. The molecular weight excluding hydrogens is 468 g/mol. The predicted molar refractivity (Wildman–Crippen MR) is 115 cm³/mol. The Hall–Kier alpha value is -3.71. The van der Waals surface area contributed by atoms with Gasteiger partial charge in [-0.3, -0.25) is 4.79 Å². The molecule has 7 N–H and O–H groups in total. The number of aliphatic hydroxyl groups is 3. The number of aliphatic hydroxyl groups excluding tert-OH is 3. The monoisotopic (exact) mass is 492 g/mol. The predicted octanol–water partition coefficient (Wildman–Crippen LogP) is 0.371. The summed E-state index contributed by atoms with van der Waals surface area (Å²) in [7, 11) is 0. The molecule has 188 valence electrons. The summed E-state index contributed by atoms with van der Waals surface area (Å²) in [6.07, 6.45) is -7.62. The molecule has 6 atom stereocenters. The first-order chi connectivity index (χ1) is 16.5. The van der Waals surface area contributed by atoms with Gasteiger partial charge in [0.25, 0.3) is 0 Å². The smallest absolute Gasteiger partial charge is 0.302 e. The lowest BCUT2D eigenvalue weighted by molar-refractivity contribution is -0.294. The molecule has 0 spiro atoms. The fraction of sp³-hybridized carbons (Fsp3) is 0.348. The molecule has 0 bridgehead atoms. The fourth-order valence-electron chi connectivity index (χ4n) is 3.76. The van der Waals surface area contributed by atoms with Crippen LogP contribution in [0.15, 0.2) is 36.1 Å². The van der Waals surface area contributed by atoms with Crippen LogP contribution in [-0.4, -0.2) is 79.0 Å². The highest BCUT2D eigenvalue weighted by molar-refractivity contribution is 5.70. The third kappa shape index (κ3) is 4.91. The van der Waals surface area contributed by atoms with E-state index >= 15 is 0 Å². The second-order valence-electron chi connectivity index (χ2n) is 8.10. The Morgan fingerprint density at radius 2 is 1.69 bits per heavy atom. The highest BCUT2D eigenvalue weighted by Crippen LogP contribution is 2.45. The van der Waals surface area contributed by atoms with Crippen LogP contribution in [0.3, 0.4) is 0 Å². The average Bonchev–Trinajstić information content (AvgIpc) is 2.80. The summed E-state index contributed by atoms with van der Waals surface area (Å²) >= 11 is 0. The Balaban J connectivity index is 1.69. The molecule has 0 saturated carbocycles. The molecule has 0 aromatic heterocycles. The Labute approximate surface area is 198 Å². The third-order valence-electron chi connectivity index (χ3n) is 5.57. The summed E-state index contributed by atoms with van der Waals surface area (Å²) in [5.74, 6) is -2.09. The number of benzene rings is 2. The van der Waals surface area contributed by atoms with Gasteiger partial charge in [0, 0.05) is 24.6 Å². The number of aromatic hydroxyl groups is 4. The van der Waals surface area contributed by atoms with Crippen LogP contribution < -0.4 is 4.74 Å². The minimum atomic E-state index is -1.73. The van der Waals surface area contributed by atoms with Gasteiger partial charge < -0.3 is 54.7 Å². The first-order valence-corrected chi connectivity index (χ1v) is 10.5. The van der Waals surface area contributed by atoms with E-state index in [1.165, 1.54) is 30.3 Å². The molecule has 1 fully saturated rings. The van der Waals surface area contributed by atoms with E-state index in [0.717, 1.165) is 13.0 Å². The van der Waals surface area contributed by atoms with E-state index in [4.69, 9.17) is 18.9 Å². The molecule has 2 aliphatic heterocycles. The van der Waals surface area contributed by atoms with Crippen molar-refractivity contribution in [1.29, 1.82) is 0 Å². The van der Waals surface area contributed by atoms with E-state index in [0.29, 0.717) is 0 Å². The van der Waals surface area contributed by atoms with Gasteiger partial charge in [-0.15, -0.1) is 0 Å². The second-order valence-corrected chi connectivity index (χ2v) is 8.10. The zero-order valence-corrected chi connectivity index (χ0v) is 18.3. The van der Waals surface area contributed by atoms with Gasteiger partial charge in [0.05, 0.1) is 5.56 Å².